The van der Waals surface area contributed by atoms with Gasteiger partial charge in [-0.05, 0) is 15.9 Å². The summed E-state index contributed by atoms with van der Waals surface area (Å²) >= 11 is 8.38. The Morgan fingerprint density at radius 1 is 1.50 bits per heavy atom. The fraction of sp³-hybridized carbons (Fsp3) is 0. The third kappa shape index (κ3) is 1.94. The van der Waals surface area contributed by atoms with Crippen LogP contribution in [0.4, 0.5) is 3.89 Å². The number of hydrogen-bond acceptors (Lipinski definition) is 3. The lowest BCUT2D eigenvalue weighted by Gasteiger charge is -1.98. The van der Waals surface area contributed by atoms with Crippen LogP contribution in [0.1, 0.15) is 0 Å². The summed E-state index contributed by atoms with van der Waals surface area (Å²) in [6.45, 7) is 0. The SMILES string of the molecule is O=S(=O)(F)c1cncc(Br)c1Cl. The maximum atomic E-state index is 12.4. The zero-order valence-corrected chi connectivity index (χ0v) is 8.62. The minimum absolute atomic E-state index is 0.201. The van der Waals surface area contributed by atoms with Crippen molar-refractivity contribution in [1.29, 1.82) is 0 Å². The Labute approximate surface area is 81.9 Å². The minimum Gasteiger partial charge on any atom is -0.262 e. The highest BCUT2D eigenvalue weighted by molar-refractivity contribution is 9.10. The normalized spacial score (nSPS) is 11.6. The summed E-state index contributed by atoms with van der Waals surface area (Å²) in [5.74, 6) is 0. The van der Waals surface area contributed by atoms with Crippen LogP contribution >= 0.6 is 27.5 Å². The summed E-state index contributed by atoms with van der Waals surface area (Å²) in [7, 11) is -4.78. The van der Waals surface area contributed by atoms with E-state index in [2.05, 4.69) is 20.9 Å². The molecule has 7 heteroatoms. The molecular formula is C5H2BrClFNO2S. The number of pyridine rings is 1. The van der Waals surface area contributed by atoms with Crippen molar-refractivity contribution >= 4 is 37.8 Å². The Kier molecular flexibility index (Phi) is 2.70. The van der Waals surface area contributed by atoms with Crippen molar-refractivity contribution in [1.82, 2.24) is 4.98 Å². The maximum absolute atomic E-state index is 12.4. The van der Waals surface area contributed by atoms with Gasteiger partial charge < -0.3 is 0 Å². The summed E-state index contributed by atoms with van der Waals surface area (Å²) in [5.41, 5.74) is 0. The molecule has 12 heavy (non-hydrogen) atoms. The molecule has 1 rings (SSSR count). The first kappa shape index (κ1) is 9.88. The Morgan fingerprint density at radius 3 is 2.50 bits per heavy atom. The van der Waals surface area contributed by atoms with Gasteiger partial charge in [0.25, 0.3) is 0 Å². The molecular weight excluding hydrogens is 272 g/mol. The van der Waals surface area contributed by atoms with Gasteiger partial charge in [-0.1, -0.05) is 11.6 Å². The quantitative estimate of drug-likeness (QED) is 0.737. The van der Waals surface area contributed by atoms with Crippen molar-refractivity contribution in [2.75, 3.05) is 0 Å². The Balaban J connectivity index is 3.47. The molecule has 0 aromatic carbocycles. The molecule has 66 valence electrons. The van der Waals surface area contributed by atoms with Crippen LogP contribution in [-0.2, 0) is 10.2 Å². The molecule has 0 amide bonds. The summed E-state index contributed by atoms with van der Waals surface area (Å²) in [6, 6.07) is 0. The summed E-state index contributed by atoms with van der Waals surface area (Å²) in [6.07, 6.45) is 2.12. The van der Waals surface area contributed by atoms with E-state index in [0.29, 0.717) is 0 Å². The van der Waals surface area contributed by atoms with E-state index in [1.54, 1.807) is 0 Å². The molecule has 0 saturated carbocycles. The number of nitrogens with zero attached hydrogens (tertiary/aromatic N) is 1. The molecule has 3 nitrogen and oxygen atoms in total. The van der Waals surface area contributed by atoms with E-state index in [0.717, 1.165) is 6.20 Å². The number of rotatable bonds is 1. The third-order valence-electron chi connectivity index (χ3n) is 1.07. The van der Waals surface area contributed by atoms with Crippen LogP contribution in [0, 0.1) is 0 Å². The highest BCUT2D eigenvalue weighted by Gasteiger charge is 2.18. The van der Waals surface area contributed by atoms with Crippen LogP contribution in [0.5, 0.6) is 0 Å². The van der Waals surface area contributed by atoms with Crippen LogP contribution in [-0.4, -0.2) is 13.4 Å². The van der Waals surface area contributed by atoms with Crippen LogP contribution in [0.15, 0.2) is 21.8 Å². The van der Waals surface area contributed by atoms with Gasteiger partial charge in [-0.25, -0.2) is 0 Å². The average Bonchev–Trinajstić information content (AvgIpc) is 1.92. The molecule has 0 atom stereocenters. The topological polar surface area (TPSA) is 47.0 Å². The summed E-state index contributed by atoms with van der Waals surface area (Å²) < 4.78 is 33.4. The van der Waals surface area contributed by atoms with Crippen LogP contribution < -0.4 is 0 Å². The van der Waals surface area contributed by atoms with E-state index in [1.165, 1.54) is 6.20 Å². The van der Waals surface area contributed by atoms with Crippen molar-refractivity contribution in [3.63, 3.8) is 0 Å². The molecule has 0 aliphatic carbocycles. The zero-order valence-electron chi connectivity index (χ0n) is 5.46. The fourth-order valence-electron chi connectivity index (χ4n) is 0.571. The molecule has 1 heterocycles. The van der Waals surface area contributed by atoms with Crippen molar-refractivity contribution in [2.45, 2.75) is 4.90 Å². The maximum Gasteiger partial charge on any atom is 0.335 e. The van der Waals surface area contributed by atoms with Crippen molar-refractivity contribution in [2.24, 2.45) is 0 Å². The van der Waals surface area contributed by atoms with E-state index in [1.807, 2.05) is 0 Å². The predicted octanol–water partition coefficient (Wildman–Crippen LogP) is 2.16. The smallest absolute Gasteiger partial charge is 0.262 e. The average molecular weight is 274 g/mol. The number of aromatic nitrogens is 1. The highest BCUT2D eigenvalue weighted by Crippen LogP contribution is 2.28. The monoisotopic (exact) mass is 273 g/mol. The second-order valence-electron chi connectivity index (χ2n) is 1.87. The molecule has 0 N–H and O–H groups in total. The number of hydrogen-bond donors (Lipinski definition) is 0. The summed E-state index contributed by atoms with van der Waals surface area (Å²) in [4.78, 5) is 2.83. The molecule has 0 unspecified atom stereocenters. The van der Waals surface area contributed by atoms with E-state index in [9.17, 15) is 12.3 Å². The van der Waals surface area contributed by atoms with Crippen LogP contribution in [0.2, 0.25) is 5.02 Å². The molecule has 1 aromatic heterocycles. The minimum atomic E-state index is -4.78. The van der Waals surface area contributed by atoms with E-state index in [-0.39, 0.29) is 9.50 Å². The highest BCUT2D eigenvalue weighted by atomic mass is 79.9. The van der Waals surface area contributed by atoms with E-state index in [4.69, 9.17) is 11.6 Å². The molecule has 0 radical (unpaired) electrons. The lowest BCUT2D eigenvalue weighted by atomic mass is 10.5. The Morgan fingerprint density at radius 2 is 2.08 bits per heavy atom. The molecule has 0 fully saturated rings. The lowest BCUT2D eigenvalue weighted by Crippen LogP contribution is -1.94. The standard InChI is InChI=1S/C5H2BrClFNO2S/c6-3-1-9-2-4(5(3)7)12(8,10)11/h1-2H. The van der Waals surface area contributed by atoms with E-state index < -0.39 is 15.1 Å². The Bertz CT molecular complexity index is 408. The molecule has 0 saturated heterocycles. The van der Waals surface area contributed by atoms with Gasteiger partial charge in [0.2, 0.25) is 0 Å². The largest absolute Gasteiger partial charge is 0.335 e. The lowest BCUT2D eigenvalue weighted by molar-refractivity contribution is 0.551. The summed E-state index contributed by atoms with van der Waals surface area (Å²) in [5, 5.41) is -0.201. The first-order valence-electron chi connectivity index (χ1n) is 2.66. The number of halogens is 3. The Hall–Kier alpha value is -0.200. The first-order valence-corrected chi connectivity index (χ1v) is 5.22. The van der Waals surface area contributed by atoms with Crippen molar-refractivity contribution < 1.29 is 12.3 Å². The first-order chi connectivity index (χ1) is 5.43. The van der Waals surface area contributed by atoms with Gasteiger partial charge in [-0.3, -0.25) is 4.98 Å². The molecule has 0 bridgehead atoms. The van der Waals surface area contributed by atoms with Gasteiger partial charge in [0.15, 0.2) is 0 Å². The molecule has 0 spiro atoms. The van der Waals surface area contributed by atoms with Gasteiger partial charge in [0, 0.05) is 12.4 Å². The van der Waals surface area contributed by atoms with E-state index >= 15 is 0 Å². The van der Waals surface area contributed by atoms with Gasteiger partial charge in [-0.15, -0.1) is 3.89 Å². The second-order valence-corrected chi connectivity index (χ2v) is 4.42. The fourth-order valence-corrected chi connectivity index (χ4v) is 1.92. The molecule has 1 aromatic rings. The second kappa shape index (κ2) is 3.27. The van der Waals surface area contributed by atoms with Gasteiger partial charge >= 0.3 is 10.2 Å². The predicted molar refractivity (Wildman–Crippen MR) is 45.2 cm³/mol. The van der Waals surface area contributed by atoms with Crippen molar-refractivity contribution in [3.05, 3.63) is 21.9 Å². The van der Waals surface area contributed by atoms with Gasteiger partial charge in [0.05, 0.1) is 9.50 Å². The van der Waals surface area contributed by atoms with Crippen LogP contribution in [0.3, 0.4) is 0 Å². The van der Waals surface area contributed by atoms with Gasteiger partial charge in [-0.2, -0.15) is 8.42 Å². The zero-order chi connectivity index (χ0) is 9.35. The third-order valence-corrected chi connectivity index (χ3v) is 3.25. The molecule has 0 aliphatic rings. The van der Waals surface area contributed by atoms with Gasteiger partial charge in [0.1, 0.15) is 4.90 Å². The molecule has 0 aliphatic heterocycles. The van der Waals surface area contributed by atoms with Crippen molar-refractivity contribution in [3.8, 4) is 0 Å². The van der Waals surface area contributed by atoms with Crippen LogP contribution in [0.25, 0.3) is 0 Å².